The Morgan fingerprint density at radius 3 is 2.17 bits per heavy atom. The molecule has 0 radical (unpaired) electrons. The zero-order valence-electron chi connectivity index (χ0n) is 12.8. The highest BCUT2D eigenvalue weighted by Gasteiger charge is 2.14. The molecule has 2 amide bonds. The summed E-state index contributed by atoms with van der Waals surface area (Å²) in [5.74, 6) is -0.155. The van der Waals surface area contributed by atoms with E-state index in [4.69, 9.17) is 0 Å². The minimum atomic E-state index is -0.335. The van der Waals surface area contributed by atoms with Crippen LogP contribution in [0.15, 0.2) is 79.0 Å². The molecule has 24 heavy (non-hydrogen) atoms. The van der Waals surface area contributed by atoms with Crippen molar-refractivity contribution >= 4 is 23.3 Å². The molecule has 2 N–H and O–H groups in total. The molecule has 2 aromatic carbocycles. The molecular formula is C19H15N3O2. The van der Waals surface area contributed by atoms with Gasteiger partial charge in [-0.15, -0.1) is 0 Å². The molecule has 0 saturated carbocycles. The standard InChI is InChI=1S/C19H15N3O2/c23-18(14-8-2-1-3-9-14)21-16-11-5-4-10-15(16)19(24)22-17-12-6-7-13-20-17/h1-13H,(H,21,23)(H,20,22,24). The maximum atomic E-state index is 12.5. The van der Waals surface area contributed by atoms with Crippen LogP contribution in [0.25, 0.3) is 0 Å². The van der Waals surface area contributed by atoms with E-state index < -0.39 is 0 Å². The zero-order chi connectivity index (χ0) is 16.8. The Labute approximate surface area is 139 Å². The van der Waals surface area contributed by atoms with E-state index in [1.807, 2.05) is 6.07 Å². The third-order valence-electron chi connectivity index (χ3n) is 3.36. The van der Waals surface area contributed by atoms with E-state index in [0.29, 0.717) is 22.6 Å². The highest BCUT2D eigenvalue weighted by Crippen LogP contribution is 2.17. The second-order valence-corrected chi connectivity index (χ2v) is 5.03. The van der Waals surface area contributed by atoms with Crippen LogP contribution in [0.5, 0.6) is 0 Å². The number of nitrogens with one attached hydrogen (secondary N) is 2. The number of nitrogens with zero attached hydrogens (tertiary/aromatic N) is 1. The average molecular weight is 317 g/mol. The van der Waals surface area contributed by atoms with Gasteiger partial charge >= 0.3 is 0 Å². The van der Waals surface area contributed by atoms with Gasteiger partial charge in [-0.25, -0.2) is 4.98 Å². The largest absolute Gasteiger partial charge is 0.321 e. The molecule has 118 valence electrons. The molecule has 0 unspecified atom stereocenters. The summed E-state index contributed by atoms with van der Waals surface area (Å²) in [6.07, 6.45) is 1.60. The van der Waals surface area contributed by atoms with Crippen molar-refractivity contribution in [2.75, 3.05) is 10.6 Å². The van der Waals surface area contributed by atoms with Crippen LogP contribution in [0.3, 0.4) is 0 Å². The van der Waals surface area contributed by atoms with Gasteiger partial charge in [-0.05, 0) is 36.4 Å². The molecule has 0 aliphatic rings. The second kappa shape index (κ2) is 7.19. The third-order valence-corrected chi connectivity index (χ3v) is 3.36. The lowest BCUT2D eigenvalue weighted by atomic mass is 10.1. The van der Waals surface area contributed by atoms with Crippen LogP contribution in [0, 0.1) is 0 Å². The molecule has 5 nitrogen and oxygen atoms in total. The maximum Gasteiger partial charge on any atom is 0.258 e. The van der Waals surface area contributed by atoms with Gasteiger partial charge in [-0.1, -0.05) is 36.4 Å². The summed E-state index contributed by atoms with van der Waals surface area (Å²) >= 11 is 0. The minimum Gasteiger partial charge on any atom is -0.321 e. The maximum absolute atomic E-state index is 12.5. The molecule has 5 heteroatoms. The van der Waals surface area contributed by atoms with Crippen LogP contribution in [-0.2, 0) is 0 Å². The van der Waals surface area contributed by atoms with Crippen molar-refractivity contribution in [2.45, 2.75) is 0 Å². The molecule has 1 heterocycles. The van der Waals surface area contributed by atoms with Crippen molar-refractivity contribution in [1.82, 2.24) is 4.98 Å². The van der Waals surface area contributed by atoms with E-state index in [2.05, 4.69) is 15.6 Å². The molecule has 0 saturated heterocycles. The van der Waals surface area contributed by atoms with Gasteiger partial charge in [-0.3, -0.25) is 9.59 Å². The lowest BCUT2D eigenvalue weighted by Crippen LogP contribution is -2.18. The van der Waals surface area contributed by atoms with E-state index in [9.17, 15) is 9.59 Å². The van der Waals surface area contributed by atoms with E-state index in [0.717, 1.165) is 0 Å². The molecule has 0 aliphatic carbocycles. The summed E-state index contributed by atoms with van der Waals surface area (Å²) in [7, 11) is 0. The highest BCUT2D eigenvalue weighted by molar-refractivity contribution is 6.12. The lowest BCUT2D eigenvalue weighted by molar-refractivity contribution is 0.102. The molecule has 0 fully saturated rings. The minimum absolute atomic E-state index is 0.270. The number of amides is 2. The van der Waals surface area contributed by atoms with Gasteiger partial charge in [0.1, 0.15) is 5.82 Å². The molecule has 0 spiro atoms. The molecule has 0 atom stereocenters. The quantitative estimate of drug-likeness (QED) is 0.772. The number of benzene rings is 2. The molecule has 1 aromatic heterocycles. The van der Waals surface area contributed by atoms with Gasteiger partial charge in [-0.2, -0.15) is 0 Å². The number of hydrogen-bond donors (Lipinski definition) is 2. The van der Waals surface area contributed by atoms with Crippen molar-refractivity contribution in [3.8, 4) is 0 Å². The molecular weight excluding hydrogens is 302 g/mol. The number of pyridine rings is 1. The fraction of sp³-hybridized carbons (Fsp3) is 0. The Hall–Kier alpha value is -3.47. The highest BCUT2D eigenvalue weighted by atomic mass is 16.2. The van der Waals surface area contributed by atoms with Gasteiger partial charge in [0.05, 0.1) is 11.3 Å². The lowest BCUT2D eigenvalue weighted by Gasteiger charge is -2.11. The summed E-state index contributed by atoms with van der Waals surface area (Å²) < 4.78 is 0. The third kappa shape index (κ3) is 3.64. The fourth-order valence-corrected chi connectivity index (χ4v) is 2.19. The van der Waals surface area contributed by atoms with E-state index >= 15 is 0 Å². The number of hydrogen-bond acceptors (Lipinski definition) is 3. The van der Waals surface area contributed by atoms with Gasteiger partial charge in [0.2, 0.25) is 0 Å². The first-order chi connectivity index (χ1) is 11.7. The second-order valence-electron chi connectivity index (χ2n) is 5.03. The summed E-state index contributed by atoms with van der Waals surface area (Å²) in [6, 6.07) is 20.9. The zero-order valence-corrected chi connectivity index (χ0v) is 12.8. The van der Waals surface area contributed by atoms with Crippen LogP contribution in [0.1, 0.15) is 20.7 Å². The van der Waals surface area contributed by atoms with Crippen molar-refractivity contribution in [2.24, 2.45) is 0 Å². The number of carbonyl (C=O) groups excluding carboxylic acids is 2. The number of para-hydroxylation sites is 1. The predicted molar refractivity (Wildman–Crippen MR) is 93.0 cm³/mol. The van der Waals surface area contributed by atoms with Crippen LogP contribution >= 0.6 is 0 Å². The Kier molecular flexibility index (Phi) is 4.62. The van der Waals surface area contributed by atoms with Gasteiger partial charge < -0.3 is 10.6 Å². The molecule has 3 rings (SSSR count). The number of aromatic nitrogens is 1. The normalized spacial score (nSPS) is 10.0. The molecule has 3 aromatic rings. The number of rotatable bonds is 4. The molecule has 0 aliphatic heterocycles. The summed E-state index contributed by atoms with van der Waals surface area (Å²) in [5.41, 5.74) is 1.34. The number of anilines is 2. The topological polar surface area (TPSA) is 71.1 Å². The van der Waals surface area contributed by atoms with Crippen LogP contribution in [0.2, 0.25) is 0 Å². The van der Waals surface area contributed by atoms with E-state index in [1.54, 1.807) is 72.9 Å². The predicted octanol–water partition coefficient (Wildman–Crippen LogP) is 3.59. The van der Waals surface area contributed by atoms with Gasteiger partial charge in [0.25, 0.3) is 11.8 Å². The SMILES string of the molecule is O=C(Nc1ccccc1C(=O)Nc1ccccn1)c1ccccc1. The Balaban J connectivity index is 1.80. The van der Waals surface area contributed by atoms with Crippen molar-refractivity contribution in [1.29, 1.82) is 0 Å². The van der Waals surface area contributed by atoms with Crippen molar-refractivity contribution in [3.05, 3.63) is 90.1 Å². The van der Waals surface area contributed by atoms with Crippen LogP contribution < -0.4 is 10.6 Å². The van der Waals surface area contributed by atoms with Crippen molar-refractivity contribution < 1.29 is 9.59 Å². The van der Waals surface area contributed by atoms with Crippen LogP contribution in [-0.4, -0.2) is 16.8 Å². The average Bonchev–Trinajstić information content (AvgIpc) is 2.63. The summed E-state index contributed by atoms with van der Waals surface area (Å²) in [4.78, 5) is 28.8. The Morgan fingerprint density at radius 1 is 0.708 bits per heavy atom. The first-order valence-electron chi connectivity index (χ1n) is 7.42. The van der Waals surface area contributed by atoms with Crippen LogP contribution in [0.4, 0.5) is 11.5 Å². The molecule has 0 bridgehead atoms. The van der Waals surface area contributed by atoms with Gasteiger partial charge in [0.15, 0.2) is 0 Å². The van der Waals surface area contributed by atoms with Gasteiger partial charge in [0, 0.05) is 11.8 Å². The summed E-state index contributed by atoms with van der Waals surface area (Å²) in [5, 5.41) is 5.48. The Bertz CT molecular complexity index is 849. The Morgan fingerprint density at radius 2 is 1.42 bits per heavy atom. The fourth-order valence-electron chi connectivity index (χ4n) is 2.19. The first-order valence-corrected chi connectivity index (χ1v) is 7.42. The smallest absolute Gasteiger partial charge is 0.258 e. The monoisotopic (exact) mass is 317 g/mol. The van der Waals surface area contributed by atoms with E-state index in [-0.39, 0.29) is 11.8 Å². The van der Waals surface area contributed by atoms with E-state index in [1.165, 1.54) is 0 Å². The number of carbonyl (C=O) groups is 2. The van der Waals surface area contributed by atoms with Crippen molar-refractivity contribution in [3.63, 3.8) is 0 Å². The first kappa shape index (κ1) is 15.4. The summed E-state index contributed by atoms with van der Waals surface area (Å²) in [6.45, 7) is 0.